The molecule has 7 rings (SSSR count). The van der Waals surface area contributed by atoms with Gasteiger partial charge >= 0.3 is 5.97 Å². The van der Waals surface area contributed by atoms with E-state index in [9.17, 15) is 34.2 Å². The van der Waals surface area contributed by atoms with Crippen LogP contribution in [0.5, 0.6) is 17.2 Å². The van der Waals surface area contributed by atoms with Crippen molar-refractivity contribution in [3.63, 3.8) is 0 Å². The molecular formula is C31H23NO11. The molecule has 2 atom stereocenters. The maximum absolute atomic E-state index is 14.1. The zero-order valence-electron chi connectivity index (χ0n) is 23.3. The van der Waals surface area contributed by atoms with E-state index in [0.717, 1.165) is 4.90 Å². The number of phenols is 1. The predicted molar refractivity (Wildman–Crippen MR) is 148 cm³/mol. The van der Waals surface area contributed by atoms with Crippen molar-refractivity contribution in [1.29, 1.82) is 0 Å². The molecule has 3 aromatic carbocycles. The molecule has 0 bridgehead atoms. The molecule has 2 aliphatic heterocycles. The minimum atomic E-state index is -1.71. The third-order valence-corrected chi connectivity index (χ3v) is 8.63. The molecule has 0 spiro atoms. The Morgan fingerprint density at radius 2 is 1.63 bits per heavy atom. The molecule has 1 aliphatic carbocycles. The molecule has 43 heavy (non-hydrogen) atoms. The van der Waals surface area contributed by atoms with Gasteiger partial charge in [-0.3, -0.25) is 24.1 Å². The lowest BCUT2D eigenvalue weighted by Crippen LogP contribution is -2.60. The molecule has 1 saturated heterocycles. The van der Waals surface area contributed by atoms with Crippen molar-refractivity contribution in [2.45, 2.75) is 31.5 Å². The fourth-order valence-corrected chi connectivity index (χ4v) is 6.59. The Hall–Kier alpha value is -5.23. The van der Waals surface area contributed by atoms with E-state index in [1.165, 1.54) is 52.3 Å². The number of hydrogen-bond donors (Lipinski definition) is 2. The summed E-state index contributed by atoms with van der Waals surface area (Å²) in [7, 11) is 2.77. The molecule has 12 heteroatoms. The first kappa shape index (κ1) is 26.7. The first-order valence-electron chi connectivity index (χ1n) is 13.2. The molecule has 2 N–H and O–H groups in total. The maximum Gasteiger partial charge on any atom is 0.336 e. The summed E-state index contributed by atoms with van der Waals surface area (Å²) in [5.74, 6) is -3.84. The van der Waals surface area contributed by atoms with Crippen LogP contribution in [-0.4, -0.2) is 70.6 Å². The fourth-order valence-electron chi connectivity index (χ4n) is 6.59. The van der Waals surface area contributed by atoms with E-state index in [-0.39, 0.29) is 51.0 Å². The number of esters is 1. The SMILES string of the molecule is COc1cc2oc3c(c(=O)c2cc1OC)C(=O)c1c(ccc2cc4c(c(O)c12)C(=O)N1C(C)(C4)OC(=O)C1(C)CO)C3=O. The summed E-state index contributed by atoms with van der Waals surface area (Å²) < 4.78 is 21.9. The van der Waals surface area contributed by atoms with Gasteiger partial charge in [-0.15, -0.1) is 0 Å². The molecule has 1 aromatic heterocycles. The average molecular weight is 586 g/mol. The molecule has 1 amide bonds. The smallest absolute Gasteiger partial charge is 0.336 e. The van der Waals surface area contributed by atoms with Gasteiger partial charge in [-0.2, -0.15) is 0 Å². The van der Waals surface area contributed by atoms with E-state index in [0.29, 0.717) is 10.9 Å². The van der Waals surface area contributed by atoms with Gasteiger partial charge < -0.3 is 28.8 Å². The number of phenolic OH excluding ortho intramolecular Hbond substituents is 1. The second-order valence-corrected chi connectivity index (χ2v) is 11.2. The van der Waals surface area contributed by atoms with Crippen LogP contribution in [0.1, 0.15) is 61.8 Å². The lowest BCUT2D eigenvalue weighted by molar-refractivity contribution is -0.151. The molecule has 0 radical (unpaired) electrons. The highest BCUT2D eigenvalue weighted by Crippen LogP contribution is 2.48. The Balaban J connectivity index is 1.48. The number of aliphatic hydroxyl groups excluding tert-OH is 1. The number of aromatic hydroxyl groups is 1. The van der Waals surface area contributed by atoms with Crippen molar-refractivity contribution in [1.82, 2.24) is 4.90 Å². The number of aliphatic hydroxyl groups is 1. The summed E-state index contributed by atoms with van der Waals surface area (Å²) in [5, 5.41) is 21.8. The summed E-state index contributed by atoms with van der Waals surface area (Å²) in [6, 6.07) is 7.20. The summed E-state index contributed by atoms with van der Waals surface area (Å²) in [4.78, 5) is 69.2. The zero-order valence-corrected chi connectivity index (χ0v) is 23.3. The lowest BCUT2D eigenvalue weighted by Gasteiger charge is -2.42. The monoisotopic (exact) mass is 585 g/mol. The summed E-state index contributed by atoms with van der Waals surface area (Å²) >= 11 is 0. The Bertz CT molecular complexity index is 2090. The van der Waals surface area contributed by atoms with E-state index in [2.05, 4.69) is 0 Å². The highest BCUT2D eigenvalue weighted by molar-refractivity contribution is 6.32. The van der Waals surface area contributed by atoms with Gasteiger partial charge in [-0.1, -0.05) is 6.07 Å². The predicted octanol–water partition coefficient (Wildman–Crippen LogP) is 2.47. The first-order valence-corrected chi connectivity index (χ1v) is 13.2. The second kappa shape index (κ2) is 8.42. The number of carbonyl (C=O) groups excluding carboxylic acids is 4. The van der Waals surface area contributed by atoms with Crippen molar-refractivity contribution >= 4 is 45.2 Å². The fraction of sp³-hybridized carbons (Fsp3) is 0.258. The van der Waals surface area contributed by atoms with Crippen molar-refractivity contribution in [2.24, 2.45) is 0 Å². The van der Waals surface area contributed by atoms with Crippen LogP contribution in [0.2, 0.25) is 0 Å². The molecular weight excluding hydrogens is 562 g/mol. The molecule has 4 aromatic rings. The van der Waals surface area contributed by atoms with Crippen LogP contribution in [0.3, 0.4) is 0 Å². The quantitative estimate of drug-likeness (QED) is 0.298. The standard InChI is InChI=1S/C31H23NO11/c1-30(11-33)29(39)43-31(2)10-13-7-12-5-6-14-21(19(12)25(36)20(13)28(38)32(30)31)26(37)22-23(34)15-8-17(40-3)18(41-4)9-16(15)42-27(22)24(14)35/h5-9,33,36H,10-11H2,1-4H3. The van der Waals surface area contributed by atoms with Crippen LogP contribution in [0, 0.1) is 0 Å². The number of nitrogens with zero attached hydrogens (tertiary/aromatic N) is 1. The lowest BCUT2D eigenvalue weighted by atomic mass is 9.80. The van der Waals surface area contributed by atoms with Crippen LogP contribution in [0.4, 0.5) is 0 Å². The highest BCUT2D eigenvalue weighted by atomic mass is 16.6. The molecule has 1 fully saturated rings. The van der Waals surface area contributed by atoms with E-state index in [4.69, 9.17) is 18.6 Å². The second-order valence-electron chi connectivity index (χ2n) is 11.2. The topological polar surface area (TPSA) is 170 Å². The first-order chi connectivity index (χ1) is 20.4. The molecule has 2 unspecified atom stereocenters. The molecule has 3 aliphatic rings. The number of ether oxygens (including phenoxy) is 3. The summed E-state index contributed by atoms with van der Waals surface area (Å²) in [6.07, 6.45) is -0.00737. The number of rotatable bonds is 3. The molecule has 3 heterocycles. The van der Waals surface area contributed by atoms with E-state index >= 15 is 0 Å². The molecule has 218 valence electrons. The largest absolute Gasteiger partial charge is 0.506 e. The van der Waals surface area contributed by atoms with Gasteiger partial charge in [0.15, 0.2) is 28.5 Å². The summed E-state index contributed by atoms with van der Waals surface area (Å²) in [6.45, 7) is 2.17. The number of fused-ring (bicyclic) bond motifs is 7. The van der Waals surface area contributed by atoms with E-state index in [1.54, 1.807) is 6.07 Å². The van der Waals surface area contributed by atoms with Crippen molar-refractivity contribution < 1.29 is 48.0 Å². The highest BCUT2D eigenvalue weighted by Gasteiger charge is 2.63. The number of methoxy groups -OCH3 is 2. The molecule has 0 saturated carbocycles. The summed E-state index contributed by atoms with van der Waals surface area (Å²) in [5.41, 5.74) is -4.70. The molecule has 12 nitrogen and oxygen atoms in total. The Kier molecular flexibility index (Phi) is 5.22. The van der Waals surface area contributed by atoms with Crippen LogP contribution < -0.4 is 14.9 Å². The minimum absolute atomic E-state index is 0.00617. The van der Waals surface area contributed by atoms with Crippen molar-refractivity contribution in [2.75, 3.05) is 20.8 Å². The number of benzene rings is 3. The number of hydrogen-bond acceptors (Lipinski definition) is 11. The van der Waals surface area contributed by atoms with Crippen LogP contribution in [-0.2, 0) is 16.0 Å². The average Bonchev–Trinajstić information content (AvgIpc) is 3.18. The Morgan fingerprint density at radius 3 is 2.30 bits per heavy atom. The van der Waals surface area contributed by atoms with E-state index < -0.39 is 63.8 Å². The Labute approximate surface area is 242 Å². The minimum Gasteiger partial charge on any atom is -0.506 e. The van der Waals surface area contributed by atoms with Crippen molar-refractivity contribution in [3.05, 3.63) is 74.1 Å². The number of amides is 1. The normalized spacial score (nSPS) is 22.3. The van der Waals surface area contributed by atoms with Gasteiger partial charge in [0, 0.05) is 29.0 Å². The van der Waals surface area contributed by atoms with E-state index in [1.807, 2.05) is 0 Å². The number of ketones is 2. The number of carbonyl (C=O) groups is 4. The van der Waals surface area contributed by atoms with Gasteiger partial charge in [-0.25, -0.2) is 4.79 Å². The van der Waals surface area contributed by atoms with Crippen LogP contribution in [0.25, 0.3) is 21.7 Å². The van der Waals surface area contributed by atoms with Gasteiger partial charge in [0.05, 0.1) is 31.8 Å². The van der Waals surface area contributed by atoms with Gasteiger partial charge in [0.2, 0.25) is 17.0 Å². The van der Waals surface area contributed by atoms with Gasteiger partial charge in [0.1, 0.15) is 16.9 Å². The maximum atomic E-state index is 14.1. The van der Waals surface area contributed by atoms with Gasteiger partial charge in [0.25, 0.3) is 5.91 Å². The third-order valence-electron chi connectivity index (χ3n) is 8.63. The Morgan fingerprint density at radius 1 is 0.930 bits per heavy atom. The van der Waals surface area contributed by atoms with Crippen molar-refractivity contribution in [3.8, 4) is 17.2 Å². The third kappa shape index (κ3) is 3.15. The zero-order chi connectivity index (χ0) is 30.7. The van der Waals surface area contributed by atoms with Gasteiger partial charge in [-0.05, 0) is 43.0 Å². The van der Waals surface area contributed by atoms with Crippen LogP contribution in [0.15, 0.2) is 39.5 Å². The van der Waals surface area contributed by atoms with Crippen LogP contribution >= 0.6 is 0 Å².